The number of hydrogen-bond donors (Lipinski definition) is 0. The molecule has 0 saturated heterocycles. The summed E-state index contributed by atoms with van der Waals surface area (Å²) in [5, 5.41) is 0. The Bertz CT molecular complexity index is 477. The van der Waals surface area contributed by atoms with Crippen LogP contribution in [-0.4, -0.2) is 5.97 Å². The van der Waals surface area contributed by atoms with Crippen LogP contribution in [0.25, 0.3) is 11.1 Å². The summed E-state index contributed by atoms with van der Waals surface area (Å²) in [5.74, 6) is -0.973. The molecule has 16 heavy (non-hydrogen) atoms. The van der Waals surface area contributed by atoms with E-state index in [-0.39, 0.29) is 5.56 Å². The lowest BCUT2D eigenvalue weighted by Crippen LogP contribution is -1.97. The Balaban J connectivity index is 2.30. The lowest BCUT2D eigenvalue weighted by molar-refractivity contribution is -0.0788. The summed E-state index contributed by atoms with van der Waals surface area (Å²) >= 11 is 0. The molecule has 2 nitrogen and oxygen atoms in total. The molecule has 3 heteroatoms. The van der Waals surface area contributed by atoms with Gasteiger partial charge in [-0.1, -0.05) is 42.5 Å². The predicted molar refractivity (Wildman–Crippen MR) is 58.4 cm³/mol. The van der Waals surface area contributed by atoms with Crippen molar-refractivity contribution in [2.75, 3.05) is 0 Å². The fourth-order valence-electron chi connectivity index (χ4n) is 1.47. The van der Waals surface area contributed by atoms with Crippen molar-refractivity contribution in [2.45, 2.75) is 0 Å². The van der Waals surface area contributed by atoms with E-state index in [0.717, 1.165) is 11.1 Å². The smallest absolute Gasteiger partial charge is 0.249 e. The van der Waals surface area contributed by atoms with Crippen LogP contribution in [-0.2, 0) is 4.94 Å². The number of carbonyl (C=O) groups excluding carboxylic acids is 1. The first-order valence-electron chi connectivity index (χ1n) is 4.79. The van der Waals surface area contributed by atoms with Crippen LogP contribution in [0.3, 0.4) is 0 Å². The summed E-state index contributed by atoms with van der Waals surface area (Å²) in [6.45, 7) is 0. The van der Waals surface area contributed by atoms with Crippen LogP contribution in [0, 0.1) is 0 Å². The van der Waals surface area contributed by atoms with Gasteiger partial charge >= 0.3 is 5.97 Å². The fourth-order valence-corrected chi connectivity index (χ4v) is 1.47. The normalized spacial score (nSPS) is 9.81. The number of halogens is 1. The van der Waals surface area contributed by atoms with Crippen LogP contribution < -0.4 is 0 Å². The monoisotopic (exact) mass is 216 g/mol. The third kappa shape index (κ3) is 2.08. The lowest BCUT2D eigenvalue weighted by atomic mass is 10.0. The third-order valence-corrected chi connectivity index (χ3v) is 2.30. The third-order valence-electron chi connectivity index (χ3n) is 2.30. The molecule has 0 bridgehead atoms. The van der Waals surface area contributed by atoms with Gasteiger partial charge in [-0.05, 0) is 23.3 Å². The van der Waals surface area contributed by atoms with Gasteiger partial charge in [-0.15, -0.1) is 0 Å². The molecule has 80 valence electrons. The Morgan fingerprint density at radius 3 is 2.00 bits per heavy atom. The molecule has 0 fully saturated rings. The van der Waals surface area contributed by atoms with E-state index in [4.69, 9.17) is 0 Å². The maximum absolute atomic E-state index is 11.6. The van der Waals surface area contributed by atoms with Gasteiger partial charge in [0.25, 0.3) is 0 Å². The first-order valence-corrected chi connectivity index (χ1v) is 4.79. The molecule has 0 aliphatic heterocycles. The van der Waals surface area contributed by atoms with E-state index < -0.39 is 5.97 Å². The molecule has 0 amide bonds. The highest BCUT2D eigenvalue weighted by molar-refractivity contribution is 5.89. The Morgan fingerprint density at radius 2 is 1.44 bits per heavy atom. The Kier molecular flexibility index (Phi) is 2.96. The highest BCUT2D eigenvalue weighted by atomic mass is 19.3. The van der Waals surface area contributed by atoms with Gasteiger partial charge in [-0.3, -0.25) is 0 Å². The number of hydrogen-bond acceptors (Lipinski definition) is 2. The molecule has 0 atom stereocenters. The van der Waals surface area contributed by atoms with Crippen molar-refractivity contribution in [3.8, 4) is 11.1 Å². The van der Waals surface area contributed by atoms with Crippen molar-refractivity contribution >= 4 is 5.97 Å². The standard InChI is InChI=1S/C13H9FO2/c14-16-13(15)12-8-6-11(7-9-12)10-4-2-1-3-5-10/h1-9H. The zero-order valence-electron chi connectivity index (χ0n) is 8.39. The van der Waals surface area contributed by atoms with Crippen molar-refractivity contribution in [3.63, 3.8) is 0 Å². The zero-order chi connectivity index (χ0) is 11.4. The summed E-state index contributed by atoms with van der Waals surface area (Å²) in [6, 6.07) is 16.3. The van der Waals surface area contributed by atoms with Gasteiger partial charge in [0, 0.05) is 4.53 Å². The van der Waals surface area contributed by atoms with Crippen molar-refractivity contribution in [3.05, 3.63) is 60.2 Å². The zero-order valence-corrected chi connectivity index (χ0v) is 8.39. The van der Waals surface area contributed by atoms with Gasteiger partial charge < -0.3 is 0 Å². The Hall–Kier alpha value is -2.16. The summed E-state index contributed by atoms with van der Waals surface area (Å²) in [6.07, 6.45) is 0. The molecule has 0 heterocycles. The van der Waals surface area contributed by atoms with Crippen LogP contribution in [0.2, 0.25) is 0 Å². The van der Waals surface area contributed by atoms with E-state index in [9.17, 15) is 9.32 Å². The highest BCUT2D eigenvalue weighted by Crippen LogP contribution is 2.19. The molecule has 2 aromatic carbocycles. The SMILES string of the molecule is O=C(OF)c1ccc(-c2ccccc2)cc1. The van der Waals surface area contributed by atoms with Gasteiger partial charge in [-0.25, -0.2) is 9.74 Å². The van der Waals surface area contributed by atoms with E-state index >= 15 is 0 Å². The van der Waals surface area contributed by atoms with E-state index in [1.54, 1.807) is 12.1 Å². The fraction of sp³-hybridized carbons (Fsp3) is 0. The molecular formula is C13H9FO2. The number of rotatable bonds is 2. The second-order valence-electron chi connectivity index (χ2n) is 3.31. The summed E-state index contributed by atoms with van der Waals surface area (Å²) < 4.78 is 11.6. The Labute approximate surface area is 92.2 Å². The van der Waals surface area contributed by atoms with Crippen LogP contribution in [0.15, 0.2) is 54.6 Å². The van der Waals surface area contributed by atoms with Crippen molar-refractivity contribution in [2.24, 2.45) is 0 Å². The van der Waals surface area contributed by atoms with E-state index in [2.05, 4.69) is 4.94 Å². The molecule has 0 saturated carbocycles. The minimum Gasteiger partial charge on any atom is -0.249 e. The van der Waals surface area contributed by atoms with E-state index in [0.29, 0.717) is 0 Å². The topological polar surface area (TPSA) is 26.3 Å². The predicted octanol–water partition coefficient (Wildman–Crippen LogP) is 3.39. The minimum absolute atomic E-state index is 0.196. The van der Waals surface area contributed by atoms with Gasteiger partial charge in [0.2, 0.25) is 0 Å². The van der Waals surface area contributed by atoms with Crippen molar-refractivity contribution < 1.29 is 14.3 Å². The molecule has 2 rings (SSSR count). The summed E-state index contributed by atoms with van der Waals surface area (Å²) in [7, 11) is 0. The molecule has 0 radical (unpaired) electrons. The molecule has 0 unspecified atom stereocenters. The summed E-state index contributed by atoms with van der Waals surface area (Å²) in [4.78, 5) is 14.0. The number of benzene rings is 2. The average Bonchev–Trinajstić information content (AvgIpc) is 2.39. The van der Waals surface area contributed by atoms with Crippen molar-refractivity contribution in [1.82, 2.24) is 0 Å². The second-order valence-corrected chi connectivity index (χ2v) is 3.31. The summed E-state index contributed by atoms with van der Waals surface area (Å²) in [5.41, 5.74) is 2.21. The maximum Gasteiger partial charge on any atom is 0.379 e. The van der Waals surface area contributed by atoms with Crippen LogP contribution >= 0.6 is 0 Å². The first-order chi connectivity index (χ1) is 7.81. The van der Waals surface area contributed by atoms with Gasteiger partial charge in [0.15, 0.2) is 0 Å². The number of carbonyl (C=O) groups is 1. The molecule has 0 spiro atoms. The second kappa shape index (κ2) is 4.57. The van der Waals surface area contributed by atoms with Gasteiger partial charge in [0.05, 0.1) is 5.56 Å². The van der Waals surface area contributed by atoms with Crippen molar-refractivity contribution in [1.29, 1.82) is 0 Å². The van der Waals surface area contributed by atoms with Crippen LogP contribution in [0.5, 0.6) is 0 Å². The van der Waals surface area contributed by atoms with E-state index in [1.165, 1.54) is 12.1 Å². The molecule has 0 aliphatic carbocycles. The quantitative estimate of drug-likeness (QED) is 0.769. The van der Waals surface area contributed by atoms with E-state index in [1.807, 2.05) is 30.3 Å². The molecule has 0 aliphatic rings. The average molecular weight is 216 g/mol. The highest BCUT2D eigenvalue weighted by Gasteiger charge is 2.07. The Morgan fingerprint density at radius 1 is 0.875 bits per heavy atom. The van der Waals surface area contributed by atoms with Gasteiger partial charge in [0.1, 0.15) is 0 Å². The lowest BCUT2D eigenvalue weighted by Gasteiger charge is -2.01. The van der Waals surface area contributed by atoms with Crippen LogP contribution in [0.4, 0.5) is 4.53 Å². The molecule has 0 aromatic heterocycles. The van der Waals surface area contributed by atoms with Gasteiger partial charge in [-0.2, -0.15) is 0 Å². The molecule has 0 N–H and O–H groups in total. The van der Waals surface area contributed by atoms with Crippen LogP contribution in [0.1, 0.15) is 10.4 Å². The molecule has 2 aromatic rings. The largest absolute Gasteiger partial charge is 0.379 e. The minimum atomic E-state index is -0.973. The molecular weight excluding hydrogens is 207 g/mol. The first kappa shape index (κ1) is 10.4. The maximum atomic E-state index is 11.6.